The van der Waals surface area contributed by atoms with E-state index in [9.17, 15) is 0 Å². The Morgan fingerprint density at radius 2 is 1.63 bits per heavy atom. The Balaban J connectivity index is 1.47. The van der Waals surface area contributed by atoms with Crippen LogP contribution < -0.4 is 0 Å². The Labute approximate surface area is 167 Å². The topological polar surface area (TPSA) is 11.4 Å². The minimum Gasteiger partial charge on any atom is -0.343 e. The van der Waals surface area contributed by atoms with Gasteiger partial charge in [0.25, 0.3) is 0 Å². The quantitative estimate of drug-likeness (QED) is 0.621. The Bertz CT molecular complexity index is 894. The minimum atomic E-state index is 0.818. The van der Waals surface area contributed by atoms with Gasteiger partial charge in [-0.2, -0.15) is 0 Å². The van der Waals surface area contributed by atoms with Crippen molar-refractivity contribution in [3.8, 4) is 0 Å². The van der Waals surface area contributed by atoms with Gasteiger partial charge in [-0.05, 0) is 49.7 Å². The monoisotopic (exact) mass is 381 g/mol. The van der Waals surface area contributed by atoms with Crippen molar-refractivity contribution in [1.29, 1.82) is 0 Å². The fraction of sp³-hybridized carbons (Fsp3) is 0.391. The second kappa shape index (κ2) is 8.47. The summed E-state index contributed by atoms with van der Waals surface area (Å²) >= 11 is 6.39. The van der Waals surface area contributed by atoms with E-state index in [1.165, 1.54) is 61.2 Å². The van der Waals surface area contributed by atoms with Gasteiger partial charge < -0.3 is 14.4 Å². The van der Waals surface area contributed by atoms with Gasteiger partial charge in [-0.25, -0.2) is 0 Å². The van der Waals surface area contributed by atoms with E-state index in [0.29, 0.717) is 0 Å². The molecule has 3 aromatic rings. The molecule has 1 saturated heterocycles. The third-order valence-electron chi connectivity index (χ3n) is 5.69. The summed E-state index contributed by atoms with van der Waals surface area (Å²) in [5.41, 5.74) is 3.92. The first-order valence-corrected chi connectivity index (χ1v) is 10.3. The number of hydrogen-bond donors (Lipinski definition) is 0. The number of nitrogens with zero attached hydrogens (tertiary/aromatic N) is 3. The van der Waals surface area contributed by atoms with Gasteiger partial charge in [-0.1, -0.05) is 48.0 Å². The molecule has 4 rings (SSSR count). The van der Waals surface area contributed by atoms with Crippen molar-refractivity contribution in [2.45, 2.75) is 19.4 Å². The molecular weight excluding hydrogens is 354 g/mol. The summed E-state index contributed by atoms with van der Waals surface area (Å²) in [5, 5.41) is 2.22. The van der Waals surface area contributed by atoms with Crippen molar-refractivity contribution in [2.75, 3.05) is 39.8 Å². The number of hydrogen-bond acceptors (Lipinski definition) is 2. The van der Waals surface area contributed by atoms with Crippen LogP contribution in [0.25, 0.3) is 10.9 Å². The van der Waals surface area contributed by atoms with E-state index in [-0.39, 0.29) is 0 Å². The molecule has 1 aromatic heterocycles. The molecule has 0 bridgehead atoms. The molecule has 142 valence electrons. The first kappa shape index (κ1) is 18.5. The molecule has 1 aliphatic heterocycles. The van der Waals surface area contributed by atoms with E-state index < -0.39 is 0 Å². The standard InChI is InChI=1S/C23H28ClN3/c1-25-13-15-26(16-14-25)12-6-8-19-17-27(23-11-5-3-9-21(19)23)18-20-7-2-4-10-22(20)24/h2-5,7,9-11,17H,6,8,12-16,18H2,1H3. The van der Waals surface area contributed by atoms with Crippen LogP contribution in [0.1, 0.15) is 17.5 Å². The van der Waals surface area contributed by atoms with E-state index in [1.807, 2.05) is 12.1 Å². The summed E-state index contributed by atoms with van der Waals surface area (Å²) in [6.45, 7) is 6.79. The molecule has 3 nitrogen and oxygen atoms in total. The van der Waals surface area contributed by atoms with Crippen molar-refractivity contribution in [3.63, 3.8) is 0 Å². The van der Waals surface area contributed by atoms with E-state index in [4.69, 9.17) is 11.6 Å². The van der Waals surface area contributed by atoms with Crippen LogP contribution in [-0.2, 0) is 13.0 Å². The van der Waals surface area contributed by atoms with Crippen molar-refractivity contribution >= 4 is 22.5 Å². The van der Waals surface area contributed by atoms with E-state index in [0.717, 1.165) is 18.0 Å². The number of likely N-dealkylation sites (N-methyl/N-ethyl adjacent to an activating group) is 1. The molecule has 2 aromatic carbocycles. The molecule has 0 atom stereocenters. The lowest BCUT2D eigenvalue weighted by atomic mass is 10.1. The Morgan fingerprint density at radius 3 is 2.44 bits per heavy atom. The molecule has 1 aliphatic rings. The van der Waals surface area contributed by atoms with E-state index in [1.54, 1.807) is 0 Å². The zero-order chi connectivity index (χ0) is 18.6. The largest absolute Gasteiger partial charge is 0.343 e. The Kier molecular flexibility index (Phi) is 5.82. The van der Waals surface area contributed by atoms with Gasteiger partial charge >= 0.3 is 0 Å². The van der Waals surface area contributed by atoms with Crippen molar-refractivity contribution in [3.05, 3.63) is 70.9 Å². The average Bonchev–Trinajstić information content (AvgIpc) is 3.03. The summed E-state index contributed by atoms with van der Waals surface area (Å²) in [6.07, 6.45) is 4.67. The number of rotatable bonds is 6. The molecule has 0 aliphatic carbocycles. The van der Waals surface area contributed by atoms with Gasteiger partial charge in [0, 0.05) is 54.8 Å². The van der Waals surface area contributed by atoms with E-state index >= 15 is 0 Å². The van der Waals surface area contributed by atoms with Crippen LogP contribution in [0.2, 0.25) is 5.02 Å². The number of aromatic nitrogens is 1. The SMILES string of the molecule is CN1CCN(CCCc2cn(Cc3ccccc3Cl)c3ccccc23)CC1. The van der Waals surface area contributed by atoms with Crippen LogP contribution in [0, 0.1) is 0 Å². The first-order valence-electron chi connectivity index (χ1n) is 9.92. The predicted octanol–water partition coefficient (Wildman–Crippen LogP) is 4.52. The fourth-order valence-electron chi connectivity index (χ4n) is 4.03. The molecular formula is C23H28ClN3. The van der Waals surface area contributed by atoms with Crippen LogP contribution in [-0.4, -0.2) is 54.1 Å². The third-order valence-corrected chi connectivity index (χ3v) is 6.05. The molecule has 4 heteroatoms. The fourth-order valence-corrected chi connectivity index (χ4v) is 4.22. The number of halogens is 1. The van der Waals surface area contributed by atoms with Gasteiger partial charge in [0.2, 0.25) is 0 Å². The van der Waals surface area contributed by atoms with Crippen LogP contribution >= 0.6 is 11.6 Å². The summed E-state index contributed by atoms with van der Waals surface area (Å²) in [5.74, 6) is 0. The lowest BCUT2D eigenvalue weighted by Crippen LogP contribution is -2.44. The Morgan fingerprint density at radius 1 is 0.889 bits per heavy atom. The molecule has 2 heterocycles. The molecule has 0 spiro atoms. The van der Waals surface area contributed by atoms with Gasteiger partial charge in [-0.15, -0.1) is 0 Å². The normalized spacial score (nSPS) is 16.2. The summed E-state index contributed by atoms with van der Waals surface area (Å²) in [6, 6.07) is 16.9. The highest BCUT2D eigenvalue weighted by Gasteiger charge is 2.14. The van der Waals surface area contributed by atoms with Gasteiger partial charge in [0.15, 0.2) is 0 Å². The number of fused-ring (bicyclic) bond motifs is 1. The zero-order valence-electron chi connectivity index (χ0n) is 16.1. The minimum absolute atomic E-state index is 0.818. The predicted molar refractivity (Wildman–Crippen MR) is 115 cm³/mol. The van der Waals surface area contributed by atoms with Crippen molar-refractivity contribution < 1.29 is 0 Å². The lowest BCUT2D eigenvalue weighted by Gasteiger charge is -2.32. The van der Waals surface area contributed by atoms with Crippen LogP contribution in [0.3, 0.4) is 0 Å². The van der Waals surface area contributed by atoms with Gasteiger partial charge in [0.05, 0.1) is 0 Å². The number of piperazine rings is 1. The molecule has 0 amide bonds. The second-order valence-corrected chi connectivity index (χ2v) is 8.05. The highest BCUT2D eigenvalue weighted by Crippen LogP contribution is 2.25. The molecule has 1 fully saturated rings. The highest BCUT2D eigenvalue weighted by molar-refractivity contribution is 6.31. The highest BCUT2D eigenvalue weighted by atomic mass is 35.5. The maximum Gasteiger partial charge on any atom is 0.0491 e. The number of benzene rings is 2. The second-order valence-electron chi connectivity index (χ2n) is 7.64. The van der Waals surface area contributed by atoms with Gasteiger partial charge in [0.1, 0.15) is 0 Å². The Hall–Kier alpha value is -1.81. The van der Waals surface area contributed by atoms with E-state index in [2.05, 4.69) is 64.0 Å². The molecule has 27 heavy (non-hydrogen) atoms. The summed E-state index contributed by atoms with van der Waals surface area (Å²) in [7, 11) is 2.21. The van der Waals surface area contributed by atoms with Gasteiger partial charge in [-0.3, -0.25) is 0 Å². The van der Waals surface area contributed by atoms with Crippen LogP contribution in [0.4, 0.5) is 0 Å². The van der Waals surface area contributed by atoms with Crippen LogP contribution in [0.5, 0.6) is 0 Å². The number of para-hydroxylation sites is 1. The molecule has 0 N–H and O–H groups in total. The summed E-state index contributed by atoms with van der Waals surface area (Å²) < 4.78 is 2.35. The smallest absolute Gasteiger partial charge is 0.0491 e. The number of aryl methyl sites for hydroxylation is 1. The molecule has 0 saturated carbocycles. The molecule has 0 unspecified atom stereocenters. The third kappa shape index (κ3) is 4.37. The maximum absolute atomic E-state index is 6.39. The summed E-state index contributed by atoms with van der Waals surface area (Å²) in [4.78, 5) is 5.02. The van der Waals surface area contributed by atoms with Crippen molar-refractivity contribution in [1.82, 2.24) is 14.4 Å². The van der Waals surface area contributed by atoms with Crippen LogP contribution in [0.15, 0.2) is 54.7 Å². The zero-order valence-corrected chi connectivity index (χ0v) is 16.8. The lowest BCUT2D eigenvalue weighted by molar-refractivity contribution is 0.153. The first-order chi connectivity index (χ1) is 13.2. The maximum atomic E-state index is 6.39. The molecule has 0 radical (unpaired) electrons. The average molecular weight is 382 g/mol. The van der Waals surface area contributed by atoms with Crippen molar-refractivity contribution in [2.24, 2.45) is 0 Å².